The predicted molar refractivity (Wildman–Crippen MR) is 77.1 cm³/mol. The van der Waals surface area contributed by atoms with Crippen molar-refractivity contribution in [3.8, 4) is 6.07 Å². The van der Waals surface area contributed by atoms with Crippen molar-refractivity contribution in [3.63, 3.8) is 0 Å². The lowest BCUT2D eigenvalue weighted by Gasteiger charge is -2.26. The number of likely N-dealkylation sites (N-methyl/N-ethyl adjacent to an activating group) is 1. The summed E-state index contributed by atoms with van der Waals surface area (Å²) in [4.78, 5) is 0. The van der Waals surface area contributed by atoms with E-state index in [4.69, 9.17) is 11.0 Å². The van der Waals surface area contributed by atoms with Crippen molar-refractivity contribution in [2.45, 2.75) is 24.6 Å². The van der Waals surface area contributed by atoms with Crippen LogP contribution in [0, 0.1) is 17.2 Å². The minimum atomic E-state index is -3.41. The molecule has 1 saturated carbocycles. The third kappa shape index (κ3) is 3.37. The van der Waals surface area contributed by atoms with E-state index in [-0.39, 0.29) is 11.8 Å². The van der Waals surface area contributed by atoms with Crippen molar-refractivity contribution in [1.82, 2.24) is 4.31 Å². The van der Waals surface area contributed by atoms with Crippen molar-refractivity contribution in [2.24, 2.45) is 11.7 Å². The number of rotatable bonds is 6. The molecule has 108 valence electrons. The van der Waals surface area contributed by atoms with Crippen LogP contribution < -0.4 is 5.73 Å². The molecule has 1 unspecified atom stereocenters. The Balaban J connectivity index is 2.15. The fourth-order valence-electron chi connectivity index (χ4n) is 2.37. The standard InChI is InChI=1S/C14H19N3O2S/c1-17(14(9-16)13-5-6-13)20(18,19)10-12-4-2-3-11(7-12)8-15/h2-4,7,13-14H,5-6,9-10,16H2,1H3. The van der Waals surface area contributed by atoms with Crippen LogP contribution in [-0.2, 0) is 15.8 Å². The molecule has 1 aliphatic carbocycles. The quantitative estimate of drug-likeness (QED) is 0.849. The second-order valence-electron chi connectivity index (χ2n) is 5.23. The first-order valence-electron chi connectivity index (χ1n) is 6.62. The predicted octanol–water partition coefficient (Wildman–Crippen LogP) is 1.06. The first-order valence-corrected chi connectivity index (χ1v) is 8.23. The SMILES string of the molecule is CN(C(CN)C1CC1)S(=O)(=O)Cc1cccc(C#N)c1. The largest absolute Gasteiger partial charge is 0.329 e. The van der Waals surface area contributed by atoms with Crippen LogP contribution in [0.3, 0.4) is 0 Å². The first kappa shape index (κ1) is 15.0. The molecule has 2 rings (SSSR count). The Labute approximate surface area is 120 Å². The van der Waals surface area contributed by atoms with Gasteiger partial charge in [0.25, 0.3) is 0 Å². The number of nitrogens with zero attached hydrogens (tertiary/aromatic N) is 2. The third-order valence-electron chi connectivity index (χ3n) is 3.72. The molecule has 0 amide bonds. The number of hydrogen-bond acceptors (Lipinski definition) is 4. The summed E-state index contributed by atoms with van der Waals surface area (Å²) in [6.07, 6.45) is 2.09. The lowest BCUT2D eigenvalue weighted by Crippen LogP contribution is -2.43. The van der Waals surface area contributed by atoms with Crippen LogP contribution in [0.4, 0.5) is 0 Å². The van der Waals surface area contributed by atoms with Gasteiger partial charge in [0, 0.05) is 19.6 Å². The minimum Gasteiger partial charge on any atom is -0.329 e. The lowest BCUT2D eigenvalue weighted by molar-refractivity contribution is 0.340. The molecular weight excluding hydrogens is 274 g/mol. The number of benzene rings is 1. The van der Waals surface area contributed by atoms with Crippen LogP contribution in [0.15, 0.2) is 24.3 Å². The maximum Gasteiger partial charge on any atom is 0.218 e. The zero-order chi connectivity index (χ0) is 14.8. The van der Waals surface area contributed by atoms with Crippen molar-refractivity contribution in [2.75, 3.05) is 13.6 Å². The minimum absolute atomic E-state index is 0.0950. The van der Waals surface area contributed by atoms with Crippen molar-refractivity contribution < 1.29 is 8.42 Å². The average Bonchev–Trinajstić information content (AvgIpc) is 3.24. The van der Waals surface area contributed by atoms with E-state index >= 15 is 0 Å². The molecule has 1 aliphatic rings. The van der Waals surface area contributed by atoms with Gasteiger partial charge in [0.1, 0.15) is 0 Å². The van der Waals surface area contributed by atoms with E-state index in [1.54, 1.807) is 31.3 Å². The summed E-state index contributed by atoms with van der Waals surface area (Å²) < 4.78 is 26.2. The Morgan fingerprint density at radius 3 is 2.75 bits per heavy atom. The van der Waals surface area contributed by atoms with E-state index in [1.807, 2.05) is 6.07 Å². The van der Waals surface area contributed by atoms with Gasteiger partial charge in [0.05, 0.1) is 17.4 Å². The Hall–Kier alpha value is -1.42. The Morgan fingerprint density at radius 1 is 1.50 bits per heavy atom. The molecule has 1 aromatic rings. The molecule has 0 spiro atoms. The molecule has 0 aromatic heterocycles. The molecule has 1 fully saturated rings. The maximum absolute atomic E-state index is 12.4. The molecule has 20 heavy (non-hydrogen) atoms. The highest BCUT2D eigenvalue weighted by Crippen LogP contribution is 2.35. The molecule has 1 aromatic carbocycles. The summed E-state index contributed by atoms with van der Waals surface area (Å²) in [7, 11) is -1.81. The molecule has 5 nitrogen and oxygen atoms in total. The zero-order valence-corrected chi connectivity index (χ0v) is 12.3. The smallest absolute Gasteiger partial charge is 0.218 e. The van der Waals surface area contributed by atoms with Crippen LogP contribution in [0.5, 0.6) is 0 Å². The van der Waals surface area contributed by atoms with Gasteiger partial charge in [0.15, 0.2) is 0 Å². The molecule has 1 atom stereocenters. The van der Waals surface area contributed by atoms with Gasteiger partial charge in [-0.15, -0.1) is 0 Å². The van der Waals surface area contributed by atoms with Crippen molar-refractivity contribution in [3.05, 3.63) is 35.4 Å². The highest BCUT2D eigenvalue weighted by molar-refractivity contribution is 7.88. The van der Waals surface area contributed by atoms with Crippen LogP contribution in [-0.4, -0.2) is 32.4 Å². The molecule has 0 aliphatic heterocycles. The number of sulfonamides is 1. The second kappa shape index (κ2) is 5.92. The van der Waals surface area contributed by atoms with Gasteiger partial charge in [-0.1, -0.05) is 12.1 Å². The molecule has 2 N–H and O–H groups in total. The molecule has 6 heteroatoms. The topological polar surface area (TPSA) is 87.2 Å². The number of nitrogens with two attached hydrogens (primary N) is 1. The zero-order valence-electron chi connectivity index (χ0n) is 11.5. The first-order chi connectivity index (χ1) is 9.47. The Bertz CT molecular complexity index is 618. The third-order valence-corrected chi connectivity index (χ3v) is 5.57. The van der Waals surface area contributed by atoms with Crippen LogP contribution in [0.1, 0.15) is 24.0 Å². The summed E-state index contributed by atoms with van der Waals surface area (Å²) in [6.45, 7) is 0.346. The number of nitriles is 1. The molecular formula is C14H19N3O2S. The second-order valence-corrected chi connectivity index (χ2v) is 7.25. The average molecular weight is 293 g/mol. The molecule has 0 heterocycles. The summed E-state index contributed by atoms with van der Waals surface area (Å²) in [5, 5.41) is 8.85. The highest BCUT2D eigenvalue weighted by atomic mass is 32.2. The molecule has 0 saturated heterocycles. The molecule has 0 bridgehead atoms. The van der Waals surface area contributed by atoms with E-state index in [0.717, 1.165) is 12.8 Å². The highest BCUT2D eigenvalue weighted by Gasteiger charge is 2.37. The molecule has 0 radical (unpaired) electrons. The van der Waals surface area contributed by atoms with Crippen LogP contribution >= 0.6 is 0 Å². The van der Waals surface area contributed by atoms with Gasteiger partial charge >= 0.3 is 0 Å². The fraction of sp³-hybridized carbons (Fsp3) is 0.500. The van der Waals surface area contributed by atoms with Gasteiger partial charge in [-0.25, -0.2) is 12.7 Å². The van der Waals surface area contributed by atoms with E-state index in [9.17, 15) is 8.42 Å². The van der Waals surface area contributed by atoms with Gasteiger partial charge in [-0.05, 0) is 36.5 Å². The monoisotopic (exact) mass is 293 g/mol. The van der Waals surface area contributed by atoms with Gasteiger partial charge in [-0.3, -0.25) is 0 Å². The van der Waals surface area contributed by atoms with Crippen LogP contribution in [0.2, 0.25) is 0 Å². The maximum atomic E-state index is 12.4. The lowest BCUT2D eigenvalue weighted by atomic mass is 10.2. The van der Waals surface area contributed by atoms with Crippen molar-refractivity contribution in [1.29, 1.82) is 5.26 Å². The summed E-state index contributed by atoms with van der Waals surface area (Å²) >= 11 is 0. The van der Waals surface area contributed by atoms with Gasteiger partial charge < -0.3 is 5.73 Å². The van der Waals surface area contributed by atoms with Crippen LogP contribution in [0.25, 0.3) is 0 Å². The van der Waals surface area contributed by atoms with E-state index in [0.29, 0.717) is 23.6 Å². The Morgan fingerprint density at radius 2 is 2.20 bits per heavy atom. The van der Waals surface area contributed by atoms with Gasteiger partial charge in [-0.2, -0.15) is 5.26 Å². The summed E-state index contributed by atoms with van der Waals surface area (Å²) in [6, 6.07) is 8.60. The Kier molecular flexibility index (Phi) is 4.43. The van der Waals surface area contributed by atoms with E-state index in [1.165, 1.54) is 4.31 Å². The normalized spacial score (nSPS) is 16.9. The summed E-state index contributed by atoms with van der Waals surface area (Å²) in [5.74, 6) is 0.299. The van der Waals surface area contributed by atoms with Crippen molar-refractivity contribution >= 4 is 10.0 Å². The van der Waals surface area contributed by atoms with Gasteiger partial charge in [0.2, 0.25) is 10.0 Å². The number of hydrogen-bond donors (Lipinski definition) is 1. The van der Waals surface area contributed by atoms with E-state index in [2.05, 4.69) is 0 Å². The van der Waals surface area contributed by atoms with E-state index < -0.39 is 10.0 Å². The summed E-state index contributed by atoms with van der Waals surface area (Å²) in [5.41, 5.74) is 6.80. The fourth-order valence-corrected chi connectivity index (χ4v) is 3.84.